The molecule has 2 aromatic rings. The van der Waals surface area contributed by atoms with E-state index in [1.807, 2.05) is 6.07 Å². The van der Waals surface area contributed by atoms with Gasteiger partial charge in [0.25, 0.3) is 0 Å². The number of carbonyl (C=O) groups excluding carboxylic acids is 1. The van der Waals surface area contributed by atoms with E-state index in [-0.39, 0.29) is 17.2 Å². The highest BCUT2D eigenvalue weighted by molar-refractivity contribution is 7.89. The molecule has 116 valence electrons. The summed E-state index contributed by atoms with van der Waals surface area (Å²) in [7, 11) is -4.00. The van der Waals surface area contributed by atoms with Crippen LogP contribution in [0, 0.1) is 5.82 Å². The van der Waals surface area contributed by atoms with Crippen LogP contribution in [0.4, 0.5) is 14.9 Å². The van der Waals surface area contributed by atoms with Crippen molar-refractivity contribution in [1.29, 1.82) is 0 Å². The number of halogens is 1. The van der Waals surface area contributed by atoms with Crippen molar-refractivity contribution in [2.45, 2.75) is 11.5 Å². The van der Waals surface area contributed by atoms with Gasteiger partial charge in [-0.2, -0.15) is 0 Å². The average molecular weight is 324 g/mol. The van der Waals surface area contributed by atoms with Gasteiger partial charge in [-0.15, -0.1) is 0 Å². The van der Waals surface area contributed by atoms with Crippen LogP contribution >= 0.6 is 0 Å². The first kappa shape index (κ1) is 15.9. The predicted octanol–water partition coefficient (Wildman–Crippen LogP) is 2.22. The Balaban J connectivity index is 2.00. The number of benzene rings is 2. The molecule has 0 heterocycles. The molecule has 0 atom stereocenters. The number of hydrogen-bond donors (Lipinski definition) is 2. The molecule has 0 bridgehead atoms. The van der Waals surface area contributed by atoms with Crippen molar-refractivity contribution in [2.24, 2.45) is 5.14 Å². The molecule has 8 heteroatoms. The summed E-state index contributed by atoms with van der Waals surface area (Å²) in [6.07, 6.45) is -0.855. The van der Waals surface area contributed by atoms with Crippen molar-refractivity contribution in [3.8, 4) is 0 Å². The van der Waals surface area contributed by atoms with Gasteiger partial charge in [0.05, 0.1) is 10.6 Å². The molecule has 0 spiro atoms. The maximum Gasteiger partial charge on any atom is 0.412 e. The zero-order valence-electron chi connectivity index (χ0n) is 11.3. The fourth-order valence-electron chi connectivity index (χ4n) is 1.64. The fourth-order valence-corrected chi connectivity index (χ4v) is 2.17. The summed E-state index contributed by atoms with van der Waals surface area (Å²) in [5.74, 6) is -0.928. The predicted molar refractivity (Wildman–Crippen MR) is 78.0 cm³/mol. The van der Waals surface area contributed by atoms with Crippen LogP contribution in [0.5, 0.6) is 0 Å². The third kappa shape index (κ3) is 4.27. The van der Waals surface area contributed by atoms with Crippen LogP contribution in [-0.2, 0) is 21.4 Å². The molecule has 0 aliphatic rings. The van der Waals surface area contributed by atoms with Gasteiger partial charge in [-0.1, -0.05) is 30.3 Å². The Morgan fingerprint density at radius 2 is 1.86 bits per heavy atom. The van der Waals surface area contributed by atoms with Crippen LogP contribution in [0.25, 0.3) is 0 Å². The summed E-state index contributed by atoms with van der Waals surface area (Å²) >= 11 is 0. The molecule has 1 amide bonds. The molecule has 2 aromatic carbocycles. The molecule has 3 N–H and O–H groups in total. The second-order valence-electron chi connectivity index (χ2n) is 4.37. The summed E-state index contributed by atoms with van der Waals surface area (Å²) in [5.41, 5.74) is 0.577. The average Bonchev–Trinajstić information content (AvgIpc) is 2.47. The van der Waals surface area contributed by atoms with Crippen molar-refractivity contribution in [3.63, 3.8) is 0 Å². The molecule has 2 rings (SSSR count). The summed E-state index contributed by atoms with van der Waals surface area (Å²) < 4.78 is 40.8. The molecule has 0 radical (unpaired) electrons. The molecule has 0 saturated heterocycles. The van der Waals surface area contributed by atoms with Gasteiger partial charge in [0.15, 0.2) is 0 Å². The summed E-state index contributed by atoms with van der Waals surface area (Å²) in [6.45, 7) is 0.0313. The SMILES string of the molecule is NS(=O)(=O)c1ccc(NC(=O)OCc2ccccc2)c(F)c1. The number of primary sulfonamides is 1. The van der Waals surface area contributed by atoms with Crippen LogP contribution < -0.4 is 10.5 Å². The number of anilines is 1. The monoisotopic (exact) mass is 324 g/mol. The first-order chi connectivity index (χ1) is 10.4. The van der Waals surface area contributed by atoms with Gasteiger partial charge < -0.3 is 4.74 Å². The number of hydrogen-bond acceptors (Lipinski definition) is 4. The van der Waals surface area contributed by atoms with Crippen LogP contribution in [0.2, 0.25) is 0 Å². The lowest BCUT2D eigenvalue weighted by Gasteiger charge is -2.08. The highest BCUT2D eigenvalue weighted by Crippen LogP contribution is 2.18. The topological polar surface area (TPSA) is 98.5 Å². The zero-order chi connectivity index (χ0) is 16.2. The molecule has 22 heavy (non-hydrogen) atoms. The van der Waals surface area contributed by atoms with Crippen LogP contribution in [0.15, 0.2) is 53.4 Å². The molecule has 0 saturated carbocycles. The summed E-state index contributed by atoms with van der Waals surface area (Å²) in [6, 6.07) is 11.9. The van der Waals surface area contributed by atoms with E-state index in [0.717, 1.165) is 23.8 Å². The Bertz CT molecular complexity index is 779. The zero-order valence-corrected chi connectivity index (χ0v) is 12.1. The Morgan fingerprint density at radius 1 is 1.18 bits per heavy atom. The van der Waals surface area contributed by atoms with Gasteiger partial charge in [0, 0.05) is 0 Å². The molecule has 6 nitrogen and oxygen atoms in total. The Hall–Kier alpha value is -2.45. The van der Waals surface area contributed by atoms with E-state index < -0.39 is 21.9 Å². The number of nitrogens with one attached hydrogen (secondary N) is 1. The van der Waals surface area contributed by atoms with E-state index in [1.54, 1.807) is 24.3 Å². The number of nitrogens with two attached hydrogens (primary N) is 1. The van der Waals surface area contributed by atoms with Gasteiger partial charge in [-0.25, -0.2) is 22.7 Å². The van der Waals surface area contributed by atoms with Crippen molar-refractivity contribution < 1.29 is 22.3 Å². The smallest absolute Gasteiger partial charge is 0.412 e. The van der Waals surface area contributed by atoms with E-state index in [9.17, 15) is 17.6 Å². The van der Waals surface area contributed by atoms with E-state index in [0.29, 0.717) is 0 Å². The maximum absolute atomic E-state index is 13.7. The lowest BCUT2D eigenvalue weighted by atomic mass is 10.2. The molecular formula is C14H13FN2O4S. The Morgan fingerprint density at radius 3 is 2.45 bits per heavy atom. The second-order valence-corrected chi connectivity index (χ2v) is 5.93. The first-order valence-electron chi connectivity index (χ1n) is 6.16. The van der Waals surface area contributed by atoms with Gasteiger partial charge in [-0.3, -0.25) is 5.32 Å². The summed E-state index contributed by atoms with van der Waals surface area (Å²) in [4.78, 5) is 11.2. The number of rotatable bonds is 4. The molecule has 0 fully saturated rings. The van der Waals surface area contributed by atoms with Crippen molar-refractivity contribution in [1.82, 2.24) is 0 Å². The molecular weight excluding hydrogens is 311 g/mol. The van der Waals surface area contributed by atoms with Crippen molar-refractivity contribution in [2.75, 3.05) is 5.32 Å². The third-order valence-corrected chi connectivity index (χ3v) is 3.63. The van der Waals surface area contributed by atoms with Gasteiger partial charge in [0.1, 0.15) is 12.4 Å². The minimum atomic E-state index is -4.00. The van der Waals surface area contributed by atoms with E-state index in [1.165, 1.54) is 0 Å². The Labute approximate surface area is 126 Å². The van der Waals surface area contributed by atoms with Gasteiger partial charge >= 0.3 is 6.09 Å². The second kappa shape index (κ2) is 6.54. The molecule has 0 unspecified atom stereocenters. The number of carbonyl (C=O) groups is 1. The minimum Gasteiger partial charge on any atom is -0.444 e. The lowest BCUT2D eigenvalue weighted by molar-refractivity contribution is 0.155. The highest BCUT2D eigenvalue weighted by atomic mass is 32.2. The third-order valence-electron chi connectivity index (χ3n) is 2.72. The Kier molecular flexibility index (Phi) is 4.74. The van der Waals surface area contributed by atoms with Crippen LogP contribution in [0.1, 0.15) is 5.56 Å². The standard InChI is InChI=1S/C14H13FN2O4S/c15-12-8-11(22(16,19)20)6-7-13(12)17-14(18)21-9-10-4-2-1-3-5-10/h1-8H,9H2,(H,17,18)(H2,16,19,20). The normalized spacial score (nSPS) is 11.0. The largest absolute Gasteiger partial charge is 0.444 e. The van der Waals surface area contributed by atoms with Gasteiger partial charge in [0.2, 0.25) is 10.0 Å². The molecule has 0 aliphatic heterocycles. The number of amides is 1. The van der Waals surface area contributed by atoms with E-state index in [2.05, 4.69) is 5.32 Å². The number of ether oxygens (including phenoxy) is 1. The quantitative estimate of drug-likeness (QED) is 0.901. The molecule has 0 aromatic heterocycles. The minimum absolute atomic E-state index is 0.0313. The van der Waals surface area contributed by atoms with E-state index in [4.69, 9.17) is 9.88 Å². The molecule has 0 aliphatic carbocycles. The maximum atomic E-state index is 13.7. The van der Waals surface area contributed by atoms with E-state index >= 15 is 0 Å². The first-order valence-corrected chi connectivity index (χ1v) is 7.71. The lowest BCUT2D eigenvalue weighted by Crippen LogP contribution is -2.16. The van der Waals surface area contributed by atoms with Crippen LogP contribution in [-0.4, -0.2) is 14.5 Å². The van der Waals surface area contributed by atoms with Crippen molar-refractivity contribution in [3.05, 3.63) is 59.9 Å². The number of sulfonamides is 1. The van der Waals surface area contributed by atoms with Crippen LogP contribution in [0.3, 0.4) is 0 Å². The fraction of sp³-hybridized carbons (Fsp3) is 0.0714. The summed E-state index contributed by atoms with van der Waals surface area (Å²) in [5, 5.41) is 7.07. The van der Waals surface area contributed by atoms with Gasteiger partial charge in [-0.05, 0) is 23.8 Å². The van der Waals surface area contributed by atoms with Crippen molar-refractivity contribution >= 4 is 21.8 Å². The highest BCUT2D eigenvalue weighted by Gasteiger charge is 2.13.